The van der Waals surface area contributed by atoms with E-state index >= 15 is 0 Å². The zero-order valence-corrected chi connectivity index (χ0v) is 10.2. The van der Waals surface area contributed by atoms with Gasteiger partial charge in [-0.15, -0.1) is 0 Å². The number of rotatable bonds is 9. The van der Waals surface area contributed by atoms with Crippen molar-refractivity contribution in [3.63, 3.8) is 0 Å². The normalized spacial score (nSPS) is 12.8. The minimum atomic E-state index is -1.27. The summed E-state index contributed by atoms with van der Waals surface area (Å²) < 4.78 is 0. The molecular formula is C11H23BO4. The van der Waals surface area contributed by atoms with Gasteiger partial charge in [0, 0.05) is 0 Å². The highest BCUT2D eigenvalue weighted by molar-refractivity contribution is 6.40. The molecule has 1 atom stereocenters. The molecule has 0 radical (unpaired) electrons. The third-order valence-corrected chi connectivity index (χ3v) is 3.16. The Bertz CT molecular complexity index is 192. The van der Waals surface area contributed by atoms with Crippen LogP contribution >= 0.6 is 0 Å². The highest BCUT2D eigenvalue weighted by Gasteiger charge is 2.24. The largest absolute Gasteiger partial charge is 0.481 e. The molecule has 0 fully saturated rings. The van der Waals surface area contributed by atoms with Gasteiger partial charge in [-0.1, -0.05) is 39.5 Å². The molecule has 0 spiro atoms. The van der Waals surface area contributed by atoms with Gasteiger partial charge in [0.25, 0.3) is 0 Å². The van der Waals surface area contributed by atoms with Gasteiger partial charge in [0.1, 0.15) is 0 Å². The minimum Gasteiger partial charge on any atom is -0.481 e. The summed E-state index contributed by atoms with van der Waals surface area (Å²) in [7, 11) is -1.27. The molecule has 0 aromatic rings. The monoisotopic (exact) mass is 230 g/mol. The zero-order valence-electron chi connectivity index (χ0n) is 10.2. The van der Waals surface area contributed by atoms with Crippen molar-refractivity contribution in [2.24, 2.45) is 11.8 Å². The SMILES string of the molecule is CCC(CC)C(CCCCB(O)O)C(=O)O. The van der Waals surface area contributed by atoms with Gasteiger partial charge in [0.05, 0.1) is 5.92 Å². The molecule has 3 N–H and O–H groups in total. The molecule has 0 bridgehead atoms. The van der Waals surface area contributed by atoms with Crippen LogP contribution in [-0.4, -0.2) is 28.2 Å². The summed E-state index contributed by atoms with van der Waals surface area (Å²) in [5.74, 6) is -0.777. The predicted octanol–water partition coefficient (Wildman–Crippen LogP) is 1.77. The van der Waals surface area contributed by atoms with E-state index in [1.807, 2.05) is 13.8 Å². The minimum absolute atomic E-state index is 0.233. The van der Waals surface area contributed by atoms with E-state index in [1.165, 1.54) is 0 Å². The van der Waals surface area contributed by atoms with Crippen molar-refractivity contribution in [2.45, 2.75) is 52.3 Å². The first-order valence-electron chi connectivity index (χ1n) is 6.11. The lowest BCUT2D eigenvalue weighted by atomic mass is 9.80. The number of carboxylic acids is 1. The lowest BCUT2D eigenvalue weighted by molar-refractivity contribution is -0.144. The lowest BCUT2D eigenvalue weighted by Gasteiger charge is -2.21. The summed E-state index contributed by atoms with van der Waals surface area (Å²) in [6.45, 7) is 4.03. The second-order valence-corrected chi connectivity index (χ2v) is 4.29. The Morgan fingerprint density at radius 3 is 2.12 bits per heavy atom. The first-order valence-corrected chi connectivity index (χ1v) is 6.11. The van der Waals surface area contributed by atoms with E-state index < -0.39 is 13.1 Å². The Kier molecular flexibility index (Phi) is 8.30. The molecule has 4 nitrogen and oxygen atoms in total. The van der Waals surface area contributed by atoms with Gasteiger partial charge in [-0.3, -0.25) is 4.79 Å². The van der Waals surface area contributed by atoms with Crippen LogP contribution in [0.5, 0.6) is 0 Å². The van der Waals surface area contributed by atoms with E-state index in [9.17, 15) is 4.79 Å². The van der Waals surface area contributed by atoms with E-state index in [0.29, 0.717) is 19.2 Å². The molecule has 0 aliphatic rings. The fraction of sp³-hybridized carbons (Fsp3) is 0.909. The molecule has 0 aromatic carbocycles. The Balaban J connectivity index is 3.99. The molecule has 5 heteroatoms. The first-order chi connectivity index (χ1) is 7.52. The fourth-order valence-corrected chi connectivity index (χ4v) is 2.11. The molecular weight excluding hydrogens is 207 g/mol. The van der Waals surface area contributed by atoms with E-state index in [4.69, 9.17) is 15.2 Å². The second kappa shape index (κ2) is 8.59. The predicted molar refractivity (Wildman–Crippen MR) is 64.0 cm³/mol. The molecule has 0 aliphatic heterocycles. The van der Waals surface area contributed by atoms with E-state index in [1.54, 1.807) is 0 Å². The Morgan fingerprint density at radius 2 is 1.75 bits per heavy atom. The van der Waals surface area contributed by atoms with Gasteiger partial charge in [0.2, 0.25) is 0 Å². The van der Waals surface area contributed by atoms with Gasteiger partial charge in [-0.05, 0) is 18.7 Å². The number of carbonyl (C=O) groups is 1. The molecule has 0 aromatic heterocycles. The molecule has 0 rings (SSSR count). The standard InChI is InChI=1S/C11H23BO4/c1-3-9(4-2)10(11(13)14)7-5-6-8-12(15)16/h9-10,15-16H,3-8H2,1-2H3,(H,13,14). The number of hydrogen-bond acceptors (Lipinski definition) is 3. The fourth-order valence-electron chi connectivity index (χ4n) is 2.11. The van der Waals surface area contributed by atoms with Crippen molar-refractivity contribution < 1.29 is 19.9 Å². The van der Waals surface area contributed by atoms with Gasteiger partial charge in [0.15, 0.2) is 0 Å². The summed E-state index contributed by atoms with van der Waals surface area (Å²) in [5.41, 5.74) is 0. The summed E-state index contributed by atoms with van der Waals surface area (Å²) >= 11 is 0. The average molecular weight is 230 g/mol. The first kappa shape index (κ1) is 15.5. The third kappa shape index (κ3) is 6.13. The zero-order chi connectivity index (χ0) is 12.6. The molecule has 1 unspecified atom stereocenters. The number of aliphatic carboxylic acids is 1. The van der Waals surface area contributed by atoms with Gasteiger partial charge < -0.3 is 15.2 Å². The third-order valence-electron chi connectivity index (χ3n) is 3.16. The van der Waals surface area contributed by atoms with Crippen LogP contribution in [0, 0.1) is 11.8 Å². The topological polar surface area (TPSA) is 77.8 Å². The number of unbranched alkanes of at least 4 members (excludes halogenated alkanes) is 1. The lowest BCUT2D eigenvalue weighted by Crippen LogP contribution is -2.23. The summed E-state index contributed by atoms with van der Waals surface area (Å²) in [6, 6.07) is 0. The average Bonchev–Trinajstić information content (AvgIpc) is 2.22. The summed E-state index contributed by atoms with van der Waals surface area (Å²) in [6.07, 6.45) is 4.14. The Morgan fingerprint density at radius 1 is 1.19 bits per heavy atom. The number of hydrogen-bond donors (Lipinski definition) is 3. The van der Waals surface area contributed by atoms with Crippen LogP contribution < -0.4 is 0 Å². The van der Waals surface area contributed by atoms with Gasteiger partial charge >= 0.3 is 13.1 Å². The maximum atomic E-state index is 11.1. The van der Waals surface area contributed by atoms with Crippen molar-refractivity contribution in [3.8, 4) is 0 Å². The molecule has 0 aliphatic carbocycles. The molecule has 0 saturated carbocycles. The smallest absolute Gasteiger partial charge is 0.451 e. The van der Waals surface area contributed by atoms with Crippen LogP contribution in [0.4, 0.5) is 0 Å². The van der Waals surface area contributed by atoms with Gasteiger partial charge in [-0.25, -0.2) is 0 Å². The van der Waals surface area contributed by atoms with Crippen molar-refractivity contribution >= 4 is 13.1 Å². The molecule has 0 saturated heterocycles. The molecule has 0 heterocycles. The van der Waals surface area contributed by atoms with Crippen molar-refractivity contribution in [3.05, 3.63) is 0 Å². The van der Waals surface area contributed by atoms with Crippen LogP contribution in [0.1, 0.15) is 46.0 Å². The highest BCUT2D eigenvalue weighted by atomic mass is 16.4. The number of carboxylic acid groups (broad SMARTS) is 1. The van der Waals surface area contributed by atoms with E-state index in [-0.39, 0.29) is 11.8 Å². The van der Waals surface area contributed by atoms with Crippen molar-refractivity contribution in [1.29, 1.82) is 0 Å². The molecule has 16 heavy (non-hydrogen) atoms. The van der Waals surface area contributed by atoms with Crippen LogP contribution in [0.2, 0.25) is 6.32 Å². The van der Waals surface area contributed by atoms with Gasteiger partial charge in [-0.2, -0.15) is 0 Å². The van der Waals surface area contributed by atoms with E-state index in [0.717, 1.165) is 19.3 Å². The van der Waals surface area contributed by atoms with Crippen LogP contribution in [0.15, 0.2) is 0 Å². The maximum absolute atomic E-state index is 11.1. The van der Waals surface area contributed by atoms with Crippen LogP contribution in [0.25, 0.3) is 0 Å². The van der Waals surface area contributed by atoms with Crippen molar-refractivity contribution in [1.82, 2.24) is 0 Å². The highest BCUT2D eigenvalue weighted by Crippen LogP contribution is 2.25. The molecule has 0 amide bonds. The van der Waals surface area contributed by atoms with Crippen LogP contribution in [0.3, 0.4) is 0 Å². The summed E-state index contributed by atoms with van der Waals surface area (Å²) in [5, 5.41) is 26.5. The second-order valence-electron chi connectivity index (χ2n) is 4.29. The maximum Gasteiger partial charge on any atom is 0.451 e. The quantitative estimate of drug-likeness (QED) is 0.416. The van der Waals surface area contributed by atoms with Crippen molar-refractivity contribution in [2.75, 3.05) is 0 Å². The summed E-state index contributed by atoms with van der Waals surface area (Å²) in [4.78, 5) is 11.1. The molecule has 94 valence electrons. The Labute approximate surface area is 97.8 Å². The van der Waals surface area contributed by atoms with Crippen LogP contribution in [-0.2, 0) is 4.79 Å². The van der Waals surface area contributed by atoms with E-state index in [2.05, 4.69) is 0 Å². The Hall–Kier alpha value is -0.545.